The zero-order valence-electron chi connectivity index (χ0n) is 19.3. The van der Waals surface area contributed by atoms with Crippen molar-refractivity contribution in [2.45, 2.75) is 25.6 Å². The Morgan fingerprint density at radius 1 is 1.14 bits per heavy atom. The van der Waals surface area contributed by atoms with Crippen molar-refractivity contribution in [1.29, 1.82) is 0 Å². The SMILES string of the molecule is COc1ccc(NC(=O)C2=C(C)Nc3nc(C(F)(F)F)nn3C2c2ccc3c(c2)OCCCO3)cc1. The summed E-state index contributed by atoms with van der Waals surface area (Å²) in [6, 6.07) is 10.7. The fraction of sp³-hybridized carbons (Fsp3) is 0.292. The molecule has 1 amide bonds. The van der Waals surface area contributed by atoms with Crippen LogP contribution in [0.25, 0.3) is 0 Å². The molecule has 1 unspecified atom stereocenters. The van der Waals surface area contributed by atoms with Gasteiger partial charge in [0.1, 0.15) is 11.8 Å². The normalized spacial score (nSPS) is 17.1. The maximum Gasteiger partial charge on any atom is 0.453 e. The van der Waals surface area contributed by atoms with E-state index in [1.165, 1.54) is 7.11 Å². The van der Waals surface area contributed by atoms with Gasteiger partial charge >= 0.3 is 6.18 Å². The van der Waals surface area contributed by atoms with Crippen LogP contribution in [-0.4, -0.2) is 41.0 Å². The first-order valence-electron chi connectivity index (χ1n) is 11.1. The number of rotatable bonds is 4. The average Bonchev–Trinajstić information content (AvgIpc) is 3.14. The Balaban J connectivity index is 1.58. The number of allylic oxidation sites excluding steroid dienone is 1. The van der Waals surface area contributed by atoms with Gasteiger partial charge < -0.3 is 24.8 Å². The maximum absolute atomic E-state index is 13.5. The zero-order chi connectivity index (χ0) is 25.4. The molecule has 1 atom stereocenters. The van der Waals surface area contributed by atoms with Crippen LogP contribution in [0.15, 0.2) is 53.7 Å². The number of hydrogen-bond acceptors (Lipinski definition) is 7. The zero-order valence-corrected chi connectivity index (χ0v) is 19.3. The number of methoxy groups -OCH3 is 1. The fourth-order valence-corrected chi connectivity index (χ4v) is 4.10. The van der Waals surface area contributed by atoms with E-state index in [9.17, 15) is 18.0 Å². The van der Waals surface area contributed by atoms with Gasteiger partial charge in [-0.2, -0.15) is 18.2 Å². The van der Waals surface area contributed by atoms with E-state index in [0.717, 1.165) is 4.68 Å². The van der Waals surface area contributed by atoms with Crippen molar-refractivity contribution in [3.05, 3.63) is 65.1 Å². The Hall–Kier alpha value is -4.22. The highest BCUT2D eigenvalue weighted by atomic mass is 19.4. The van der Waals surface area contributed by atoms with E-state index in [2.05, 4.69) is 20.7 Å². The van der Waals surface area contributed by atoms with Gasteiger partial charge in [0.25, 0.3) is 11.7 Å². The molecular formula is C24H22F3N5O4. The van der Waals surface area contributed by atoms with E-state index in [4.69, 9.17) is 14.2 Å². The van der Waals surface area contributed by atoms with Crippen molar-refractivity contribution in [3.8, 4) is 17.2 Å². The number of carbonyl (C=O) groups is 1. The molecule has 3 aromatic rings. The largest absolute Gasteiger partial charge is 0.497 e. The number of fused-ring (bicyclic) bond motifs is 2. The molecule has 0 saturated heterocycles. The number of nitrogens with one attached hydrogen (secondary N) is 2. The Morgan fingerprint density at radius 3 is 2.56 bits per heavy atom. The highest BCUT2D eigenvalue weighted by Crippen LogP contribution is 2.41. The van der Waals surface area contributed by atoms with Crippen LogP contribution in [0.5, 0.6) is 17.2 Å². The van der Waals surface area contributed by atoms with Gasteiger partial charge in [0.05, 0.1) is 25.9 Å². The van der Waals surface area contributed by atoms with Crippen LogP contribution in [0.3, 0.4) is 0 Å². The van der Waals surface area contributed by atoms with Crippen LogP contribution in [0.2, 0.25) is 0 Å². The molecule has 36 heavy (non-hydrogen) atoms. The van der Waals surface area contributed by atoms with Crippen LogP contribution in [-0.2, 0) is 11.0 Å². The molecule has 2 aliphatic heterocycles. The van der Waals surface area contributed by atoms with Gasteiger partial charge in [-0.25, -0.2) is 4.68 Å². The molecule has 0 bridgehead atoms. The van der Waals surface area contributed by atoms with Crippen molar-refractivity contribution < 1.29 is 32.2 Å². The van der Waals surface area contributed by atoms with Crippen molar-refractivity contribution in [2.75, 3.05) is 31.0 Å². The number of benzene rings is 2. The van der Waals surface area contributed by atoms with Gasteiger partial charge in [-0.3, -0.25) is 4.79 Å². The second-order valence-electron chi connectivity index (χ2n) is 8.21. The van der Waals surface area contributed by atoms with Crippen LogP contribution in [0, 0.1) is 0 Å². The summed E-state index contributed by atoms with van der Waals surface area (Å²) in [6.45, 7) is 2.51. The smallest absolute Gasteiger partial charge is 0.453 e. The molecule has 0 spiro atoms. The quantitative estimate of drug-likeness (QED) is 0.547. The van der Waals surface area contributed by atoms with E-state index in [1.807, 2.05) is 0 Å². The van der Waals surface area contributed by atoms with Crippen LogP contribution in [0.1, 0.15) is 30.8 Å². The first-order chi connectivity index (χ1) is 17.2. The number of aromatic nitrogens is 3. The number of anilines is 2. The molecule has 12 heteroatoms. The predicted molar refractivity (Wildman–Crippen MR) is 123 cm³/mol. The topological polar surface area (TPSA) is 99.5 Å². The van der Waals surface area contributed by atoms with Gasteiger partial charge in [-0.15, -0.1) is 5.10 Å². The van der Waals surface area contributed by atoms with Crippen LogP contribution >= 0.6 is 0 Å². The third-order valence-electron chi connectivity index (χ3n) is 5.79. The second kappa shape index (κ2) is 9.10. The van der Waals surface area contributed by atoms with Crippen LogP contribution in [0.4, 0.5) is 24.8 Å². The van der Waals surface area contributed by atoms with Crippen molar-refractivity contribution in [2.24, 2.45) is 0 Å². The van der Waals surface area contributed by atoms with Crippen molar-refractivity contribution >= 4 is 17.5 Å². The van der Waals surface area contributed by atoms with Gasteiger partial charge in [0, 0.05) is 17.8 Å². The lowest BCUT2D eigenvalue weighted by Gasteiger charge is -2.29. The number of alkyl halides is 3. The summed E-state index contributed by atoms with van der Waals surface area (Å²) in [6.07, 6.45) is -4.07. The fourth-order valence-electron chi connectivity index (χ4n) is 4.10. The Kier molecular flexibility index (Phi) is 5.94. The maximum atomic E-state index is 13.5. The summed E-state index contributed by atoms with van der Waals surface area (Å²) in [4.78, 5) is 17.1. The molecule has 188 valence electrons. The standard InChI is InChI=1S/C24H22F3N5O4/c1-13-19(21(33)29-15-5-7-16(34-2)8-6-15)20(32-23(28-13)30-22(31-32)24(25,26)27)14-4-9-17-18(12-14)36-11-3-10-35-17/h4-9,12,20H,3,10-11H2,1-2H3,(H,29,33)(H,28,30,31). The van der Waals surface area contributed by atoms with E-state index in [-0.39, 0.29) is 11.5 Å². The monoisotopic (exact) mass is 501 g/mol. The summed E-state index contributed by atoms with van der Waals surface area (Å²) in [5.74, 6) is -0.387. The number of amides is 1. The lowest BCUT2D eigenvalue weighted by atomic mass is 9.94. The molecule has 5 rings (SSSR count). The number of hydrogen-bond donors (Lipinski definition) is 2. The molecule has 1 aromatic heterocycles. The molecular weight excluding hydrogens is 479 g/mol. The van der Waals surface area contributed by atoms with E-state index in [1.54, 1.807) is 49.4 Å². The average molecular weight is 501 g/mol. The van der Waals surface area contributed by atoms with E-state index >= 15 is 0 Å². The van der Waals surface area contributed by atoms with Crippen LogP contribution < -0.4 is 24.8 Å². The van der Waals surface area contributed by atoms with E-state index in [0.29, 0.717) is 53.8 Å². The Bertz CT molecular complexity index is 1330. The van der Waals surface area contributed by atoms with Gasteiger partial charge in [-0.1, -0.05) is 6.07 Å². The molecule has 0 fully saturated rings. The summed E-state index contributed by atoms with van der Waals surface area (Å²) in [5.41, 5.74) is 1.48. The molecule has 3 heterocycles. The number of halogens is 3. The molecule has 2 aliphatic rings. The Morgan fingerprint density at radius 2 is 1.86 bits per heavy atom. The van der Waals surface area contributed by atoms with Gasteiger partial charge in [0.15, 0.2) is 11.5 Å². The molecule has 0 radical (unpaired) electrons. The number of ether oxygens (including phenoxy) is 3. The Labute approximate surface area is 203 Å². The minimum Gasteiger partial charge on any atom is -0.497 e. The third kappa shape index (κ3) is 4.41. The summed E-state index contributed by atoms with van der Waals surface area (Å²) >= 11 is 0. The molecule has 2 N–H and O–H groups in total. The third-order valence-corrected chi connectivity index (χ3v) is 5.79. The number of nitrogens with zero attached hydrogens (tertiary/aromatic N) is 3. The van der Waals surface area contributed by atoms with E-state index < -0.39 is 23.9 Å². The first kappa shape index (κ1) is 23.5. The van der Waals surface area contributed by atoms with Crippen molar-refractivity contribution in [1.82, 2.24) is 14.8 Å². The summed E-state index contributed by atoms with van der Waals surface area (Å²) in [5, 5.41) is 9.32. The minimum absolute atomic E-state index is 0.127. The highest BCUT2D eigenvalue weighted by molar-refractivity contribution is 6.06. The van der Waals surface area contributed by atoms with Gasteiger partial charge in [0.2, 0.25) is 5.95 Å². The molecule has 9 nitrogen and oxygen atoms in total. The molecule has 0 aliphatic carbocycles. The highest BCUT2D eigenvalue weighted by Gasteiger charge is 2.41. The molecule has 2 aromatic carbocycles. The predicted octanol–water partition coefficient (Wildman–Crippen LogP) is 4.39. The first-order valence-corrected chi connectivity index (χ1v) is 11.1. The lowest BCUT2D eigenvalue weighted by Crippen LogP contribution is -2.31. The molecule has 0 saturated carbocycles. The van der Waals surface area contributed by atoms with Gasteiger partial charge in [-0.05, 0) is 48.9 Å². The minimum atomic E-state index is -4.76. The summed E-state index contributed by atoms with van der Waals surface area (Å²) < 4.78 is 58.1. The number of carbonyl (C=O) groups excluding carboxylic acids is 1. The van der Waals surface area contributed by atoms with Crippen molar-refractivity contribution in [3.63, 3.8) is 0 Å². The lowest BCUT2D eigenvalue weighted by molar-refractivity contribution is -0.145. The summed E-state index contributed by atoms with van der Waals surface area (Å²) in [7, 11) is 1.53. The second-order valence-corrected chi connectivity index (χ2v) is 8.21.